The molecule has 0 bridgehead atoms. The first-order valence-corrected chi connectivity index (χ1v) is 9.34. The van der Waals surface area contributed by atoms with E-state index in [1.165, 1.54) is 43.1 Å². The van der Waals surface area contributed by atoms with Crippen LogP contribution in [0.3, 0.4) is 0 Å². The number of nitrogens with zero attached hydrogens (tertiary/aromatic N) is 4. The van der Waals surface area contributed by atoms with Crippen molar-refractivity contribution < 1.29 is 9.58 Å². The van der Waals surface area contributed by atoms with Crippen molar-refractivity contribution in [2.24, 2.45) is 5.10 Å². The highest BCUT2D eigenvalue weighted by molar-refractivity contribution is 7.76. The standard InChI is InChI=1S/C18H27N5S/c1-16-22(15-9-12-20(2)21-13-7-4-8-14-21)18(24)19-23(16)17-10-5-3-6-11-17/h3,5-6,10-11H,4,7-9,12-15H2,1-2H3/p+1. The molecule has 2 aliphatic rings. The summed E-state index contributed by atoms with van der Waals surface area (Å²) in [5.74, 6) is 1.17. The SMILES string of the molecule is CC1=[N+](c2ccccc2)N=C([S-])[NH+]1CCCN(C)N1CCCCC1. The Morgan fingerprint density at radius 3 is 2.62 bits per heavy atom. The van der Waals surface area contributed by atoms with Crippen LogP contribution in [0.25, 0.3) is 0 Å². The molecule has 0 aliphatic carbocycles. The molecule has 1 saturated heterocycles. The summed E-state index contributed by atoms with van der Waals surface area (Å²) in [5, 5.41) is 10.2. The molecule has 0 radical (unpaired) electrons. The molecule has 0 aromatic heterocycles. The quantitative estimate of drug-likeness (QED) is 0.619. The highest BCUT2D eigenvalue weighted by atomic mass is 32.1. The van der Waals surface area contributed by atoms with Crippen molar-refractivity contribution in [3.63, 3.8) is 0 Å². The van der Waals surface area contributed by atoms with Gasteiger partial charge in [0.15, 0.2) is 5.17 Å². The van der Waals surface area contributed by atoms with Crippen molar-refractivity contribution in [3.8, 4) is 0 Å². The predicted molar refractivity (Wildman–Crippen MR) is 100 cm³/mol. The molecule has 1 N–H and O–H groups in total. The summed E-state index contributed by atoms with van der Waals surface area (Å²) < 4.78 is 1.98. The minimum Gasteiger partial charge on any atom is -0.693 e. The number of amidine groups is 2. The van der Waals surface area contributed by atoms with Crippen LogP contribution in [0, 0.1) is 0 Å². The summed E-state index contributed by atoms with van der Waals surface area (Å²) in [4.78, 5) is 1.22. The van der Waals surface area contributed by atoms with E-state index >= 15 is 0 Å². The van der Waals surface area contributed by atoms with Gasteiger partial charge in [-0.3, -0.25) is 0 Å². The molecule has 2 heterocycles. The fourth-order valence-corrected chi connectivity index (χ4v) is 3.79. The lowest BCUT2D eigenvalue weighted by molar-refractivity contribution is -0.713. The van der Waals surface area contributed by atoms with Crippen molar-refractivity contribution in [1.82, 2.24) is 10.0 Å². The van der Waals surface area contributed by atoms with Crippen molar-refractivity contribution >= 4 is 29.3 Å². The van der Waals surface area contributed by atoms with Crippen LogP contribution in [-0.2, 0) is 12.6 Å². The third kappa shape index (κ3) is 4.00. The maximum absolute atomic E-state index is 5.51. The fraction of sp³-hybridized carbons (Fsp3) is 0.556. The minimum atomic E-state index is 0.747. The summed E-state index contributed by atoms with van der Waals surface area (Å²) in [6.07, 6.45) is 5.13. The van der Waals surface area contributed by atoms with E-state index in [-0.39, 0.29) is 0 Å². The van der Waals surface area contributed by atoms with Gasteiger partial charge in [0.2, 0.25) is 5.69 Å². The Morgan fingerprint density at radius 2 is 1.92 bits per heavy atom. The van der Waals surface area contributed by atoms with E-state index in [0.717, 1.165) is 30.4 Å². The molecular weight excluding hydrogens is 318 g/mol. The summed E-state index contributed by atoms with van der Waals surface area (Å²) in [5.41, 5.74) is 1.08. The van der Waals surface area contributed by atoms with E-state index in [9.17, 15) is 0 Å². The third-order valence-electron chi connectivity index (χ3n) is 4.93. The van der Waals surface area contributed by atoms with Crippen LogP contribution in [0.4, 0.5) is 5.69 Å². The zero-order valence-corrected chi connectivity index (χ0v) is 15.6. The lowest BCUT2D eigenvalue weighted by Gasteiger charge is -2.34. The number of quaternary nitrogens is 1. The summed E-state index contributed by atoms with van der Waals surface area (Å²) >= 11 is 5.51. The lowest BCUT2D eigenvalue weighted by atomic mass is 10.2. The molecular formula is C18H28N5S+. The Balaban J connectivity index is 1.55. The van der Waals surface area contributed by atoms with E-state index in [4.69, 9.17) is 12.6 Å². The van der Waals surface area contributed by atoms with E-state index in [1.54, 1.807) is 0 Å². The van der Waals surface area contributed by atoms with Gasteiger partial charge in [0.25, 0.3) is 0 Å². The van der Waals surface area contributed by atoms with Crippen LogP contribution < -0.4 is 4.90 Å². The Kier molecular flexibility index (Phi) is 5.94. The van der Waals surface area contributed by atoms with Crippen LogP contribution >= 0.6 is 0 Å². The number of hydrazone groups is 1. The van der Waals surface area contributed by atoms with E-state index in [2.05, 4.69) is 41.2 Å². The van der Waals surface area contributed by atoms with E-state index < -0.39 is 0 Å². The van der Waals surface area contributed by atoms with Gasteiger partial charge in [-0.15, -0.1) is 0 Å². The Morgan fingerprint density at radius 1 is 1.21 bits per heavy atom. The van der Waals surface area contributed by atoms with Crippen molar-refractivity contribution in [2.75, 3.05) is 33.2 Å². The molecule has 24 heavy (non-hydrogen) atoms. The van der Waals surface area contributed by atoms with Gasteiger partial charge >= 0.3 is 5.84 Å². The van der Waals surface area contributed by atoms with E-state index in [0.29, 0.717) is 0 Å². The predicted octanol–water partition coefficient (Wildman–Crippen LogP) is 1.19. The molecule has 2 aliphatic heterocycles. The van der Waals surface area contributed by atoms with Gasteiger partial charge in [-0.25, -0.2) is 14.9 Å². The van der Waals surface area contributed by atoms with Crippen molar-refractivity contribution in [1.29, 1.82) is 0 Å². The van der Waals surface area contributed by atoms with Crippen LogP contribution in [-0.4, -0.2) is 58.9 Å². The number of piperidine rings is 1. The number of hydrogen-bond acceptors (Lipinski definition) is 4. The average molecular weight is 347 g/mol. The number of hydrogen-bond donors (Lipinski definition) is 1. The number of benzene rings is 1. The van der Waals surface area contributed by atoms with Gasteiger partial charge < -0.3 is 12.6 Å². The lowest BCUT2D eigenvalue weighted by Crippen LogP contribution is -3.15. The zero-order chi connectivity index (χ0) is 16.9. The van der Waals surface area contributed by atoms with Gasteiger partial charge in [-0.2, -0.15) is 0 Å². The molecule has 1 fully saturated rings. The Bertz CT molecular complexity index is 607. The summed E-state index contributed by atoms with van der Waals surface area (Å²) in [7, 11) is 2.21. The first kappa shape index (κ1) is 17.5. The second-order valence-corrected chi connectivity index (χ2v) is 7.00. The largest absolute Gasteiger partial charge is 0.693 e. The summed E-state index contributed by atoms with van der Waals surface area (Å²) in [6.45, 7) is 6.60. The van der Waals surface area contributed by atoms with Gasteiger partial charge in [0, 0.05) is 55.0 Å². The first-order valence-electron chi connectivity index (χ1n) is 8.94. The Labute approximate surface area is 150 Å². The molecule has 1 atom stereocenters. The third-order valence-corrected chi connectivity index (χ3v) is 5.26. The van der Waals surface area contributed by atoms with Gasteiger partial charge in [0.05, 0.1) is 13.5 Å². The maximum Gasteiger partial charge on any atom is 0.374 e. The van der Waals surface area contributed by atoms with Gasteiger partial charge in [-0.05, 0) is 12.8 Å². The van der Waals surface area contributed by atoms with Gasteiger partial charge in [-0.1, -0.05) is 24.6 Å². The summed E-state index contributed by atoms with van der Waals surface area (Å²) in [6, 6.07) is 10.2. The molecule has 1 aromatic rings. The molecule has 3 rings (SSSR count). The highest BCUT2D eigenvalue weighted by Gasteiger charge is 2.32. The fourth-order valence-electron chi connectivity index (χ4n) is 3.46. The monoisotopic (exact) mass is 346 g/mol. The van der Waals surface area contributed by atoms with Crippen molar-refractivity contribution in [3.05, 3.63) is 30.3 Å². The molecule has 1 unspecified atom stereocenters. The molecule has 0 saturated carbocycles. The smallest absolute Gasteiger partial charge is 0.374 e. The minimum absolute atomic E-state index is 0.747. The number of hydrazine groups is 1. The zero-order valence-electron chi connectivity index (χ0n) is 14.7. The van der Waals surface area contributed by atoms with Crippen LogP contribution in [0.1, 0.15) is 32.6 Å². The average Bonchev–Trinajstić information content (AvgIpc) is 2.91. The molecule has 6 heteroatoms. The molecule has 0 spiro atoms. The second-order valence-electron chi connectivity index (χ2n) is 6.62. The molecule has 0 amide bonds. The van der Waals surface area contributed by atoms with Crippen LogP contribution in [0.2, 0.25) is 0 Å². The first-order chi connectivity index (χ1) is 11.7. The molecule has 130 valence electrons. The highest BCUT2D eigenvalue weighted by Crippen LogP contribution is 2.12. The molecule has 1 aromatic carbocycles. The van der Waals surface area contributed by atoms with Crippen molar-refractivity contribution in [2.45, 2.75) is 32.6 Å². The Hall–Kier alpha value is -1.34. The maximum atomic E-state index is 5.51. The number of para-hydroxylation sites is 1. The van der Waals surface area contributed by atoms with Crippen LogP contribution in [0.5, 0.6) is 0 Å². The molecule has 5 nitrogen and oxygen atoms in total. The van der Waals surface area contributed by atoms with E-state index in [1.807, 2.05) is 22.9 Å². The van der Waals surface area contributed by atoms with Gasteiger partial charge in [0.1, 0.15) is 0 Å². The normalized spacial score (nSPS) is 22.3. The number of nitrogens with one attached hydrogen (secondary N) is 1. The number of rotatable bonds is 6. The second kappa shape index (κ2) is 8.16. The van der Waals surface area contributed by atoms with Crippen LogP contribution in [0.15, 0.2) is 35.4 Å². The topological polar surface area (TPSA) is 26.3 Å².